The van der Waals surface area contributed by atoms with Crippen molar-refractivity contribution in [1.29, 1.82) is 0 Å². The highest BCUT2D eigenvalue weighted by molar-refractivity contribution is 9.10. The van der Waals surface area contributed by atoms with Crippen LogP contribution >= 0.6 is 15.9 Å². The topological polar surface area (TPSA) is 63.4 Å². The molecule has 1 aromatic carbocycles. The van der Waals surface area contributed by atoms with E-state index >= 15 is 0 Å². The Bertz CT molecular complexity index is 542. The van der Waals surface area contributed by atoms with Crippen LogP contribution in [-0.2, 0) is 10.0 Å². The SMILES string of the molecule is CCC(CC)CN(CC)S(=O)(=O)c1cc(Br)ccc1N. The average Bonchev–Trinajstić information content (AvgIpc) is 2.42. The number of hydrogen-bond donors (Lipinski definition) is 1. The number of anilines is 1. The van der Waals surface area contributed by atoms with E-state index in [1.54, 1.807) is 18.2 Å². The third-order valence-corrected chi connectivity index (χ3v) is 6.05. The van der Waals surface area contributed by atoms with Crippen molar-refractivity contribution in [2.75, 3.05) is 18.8 Å². The summed E-state index contributed by atoms with van der Waals surface area (Å²) >= 11 is 3.30. The predicted octanol–water partition coefficient (Wildman–Crippen LogP) is 3.48. The fourth-order valence-corrected chi connectivity index (χ4v) is 4.28. The van der Waals surface area contributed by atoms with Crippen molar-refractivity contribution in [3.05, 3.63) is 22.7 Å². The van der Waals surface area contributed by atoms with Gasteiger partial charge in [0, 0.05) is 17.6 Å². The molecule has 114 valence electrons. The van der Waals surface area contributed by atoms with Crippen molar-refractivity contribution in [2.45, 2.75) is 38.5 Å². The summed E-state index contributed by atoms with van der Waals surface area (Å²) in [6, 6.07) is 4.92. The molecule has 6 heteroatoms. The van der Waals surface area contributed by atoms with Crippen molar-refractivity contribution in [3.8, 4) is 0 Å². The molecule has 1 aromatic rings. The van der Waals surface area contributed by atoms with Crippen LogP contribution in [0.2, 0.25) is 0 Å². The first-order valence-corrected chi connectivity index (χ1v) is 9.15. The third-order valence-electron chi connectivity index (χ3n) is 3.56. The van der Waals surface area contributed by atoms with Crippen LogP contribution in [0.25, 0.3) is 0 Å². The molecule has 0 unspecified atom stereocenters. The molecule has 4 nitrogen and oxygen atoms in total. The summed E-state index contributed by atoms with van der Waals surface area (Å²) in [5.41, 5.74) is 6.13. The summed E-state index contributed by atoms with van der Waals surface area (Å²) in [4.78, 5) is 0.180. The summed E-state index contributed by atoms with van der Waals surface area (Å²) in [5, 5.41) is 0. The van der Waals surface area contributed by atoms with Gasteiger partial charge in [-0.15, -0.1) is 0 Å². The van der Waals surface area contributed by atoms with Crippen LogP contribution in [0, 0.1) is 5.92 Å². The minimum atomic E-state index is -3.54. The van der Waals surface area contributed by atoms with Gasteiger partial charge in [-0.3, -0.25) is 0 Å². The Hall–Kier alpha value is -0.590. The van der Waals surface area contributed by atoms with E-state index < -0.39 is 10.0 Å². The molecule has 0 aliphatic rings. The number of hydrogen-bond acceptors (Lipinski definition) is 3. The van der Waals surface area contributed by atoms with Gasteiger partial charge in [-0.1, -0.05) is 49.5 Å². The van der Waals surface area contributed by atoms with Gasteiger partial charge in [-0.25, -0.2) is 8.42 Å². The summed E-state index contributed by atoms with van der Waals surface area (Å²) in [6.45, 7) is 7.01. The van der Waals surface area contributed by atoms with Crippen molar-refractivity contribution in [3.63, 3.8) is 0 Å². The van der Waals surface area contributed by atoms with Gasteiger partial charge in [0.15, 0.2) is 0 Å². The maximum atomic E-state index is 12.7. The normalized spacial score (nSPS) is 12.3. The highest BCUT2D eigenvalue weighted by atomic mass is 79.9. The molecule has 0 aliphatic heterocycles. The van der Waals surface area contributed by atoms with E-state index in [-0.39, 0.29) is 10.6 Å². The van der Waals surface area contributed by atoms with Crippen LogP contribution in [0.15, 0.2) is 27.6 Å². The second kappa shape index (κ2) is 7.43. The lowest BCUT2D eigenvalue weighted by molar-refractivity contribution is 0.339. The molecule has 0 spiro atoms. The van der Waals surface area contributed by atoms with E-state index in [4.69, 9.17) is 5.73 Å². The highest BCUT2D eigenvalue weighted by Gasteiger charge is 2.27. The Kier molecular flexibility index (Phi) is 6.48. The first-order chi connectivity index (χ1) is 9.36. The fraction of sp³-hybridized carbons (Fsp3) is 0.571. The second-order valence-electron chi connectivity index (χ2n) is 4.82. The Balaban J connectivity index is 3.15. The third kappa shape index (κ3) is 3.96. The highest BCUT2D eigenvalue weighted by Crippen LogP contribution is 2.27. The van der Waals surface area contributed by atoms with Gasteiger partial charge in [0.2, 0.25) is 10.0 Å². The van der Waals surface area contributed by atoms with Crippen molar-refractivity contribution < 1.29 is 8.42 Å². The van der Waals surface area contributed by atoms with Crippen molar-refractivity contribution in [2.24, 2.45) is 5.92 Å². The quantitative estimate of drug-likeness (QED) is 0.755. The van der Waals surface area contributed by atoms with Crippen LogP contribution in [0.3, 0.4) is 0 Å². The first-order valence-electron chi connectivity index (χ1n) is 6.91. The van der Waals surface area contributed by atoms with Crippen LogP contribution in [0.4, 0.5) is 5.69 Å². The Morgan fingerprint density at radius 1 is 1.25 bits per heavy atom. The Labute approximate surface area is 130 Å². The predicted molar refractivity (Wildman–Crippen MR) is 87.1 cm³/mol. The molecule has 0 atom stereocenters. The molecule has 0 radical (unpaired) electrons. The maximum Gasteiger partial charge on any atom is 0.245 e. The van der Waals surface area contributed by atoms with E-state index in [1.807, 2.05) is 6.92 Å². The number of rotatable bonds is 7. The lowest BCUT2D eigenvalue weighted by Gasteiger charge is -2.25. The Morgan fingerprint density at radius 2 is 1.85 bits per heavy atom. The van der Waals surface area contributed by atoms with Crippen LogP contribution < -0.4 is 5.73 Å². The molecule has 20 heavy (non-hydrogen) atoms. The molecule has 0 saturated heterocycles. The molecule has 0 heterocycles. The molecular weight excluding hydrogens is 340 g/mol. The lowest BCUT2D eigenvalue weighted by atomic mass is 10.0. The summed E-state index contributed by atoms with van der Waals surface area (Å²) in [7, 11) is -3.54. The molecule has 0 bridgehead atoms. The van der Waals surface area contributed by atoms with E-state index in [1.165, 1.54) is 4.31 Å². The summed E-state index contributed by atoms with van der Waals surface area (Å²) in [5.74, 6) is 0.373. The summed E-state index contributed by atoms with van der Waals surface area (Å²) in [6.07, 6.45) is 1.94. The van der Waals surface area contributed by atoms with E-state index in [2.05, 4.69) is 29.8 Å². The monoisotopic (exact) mass is 362 g/mol. The molecule has 1 rings (SSSR count). The van der Waals surface area contributed by atoms with Gasteiger partial charge in [0.1, 0.15) is 4.90 Å². The number of nitrogens with two attached hydrogens (primary N) is 1. The second-order valence-corrected chi connectivity index (χ2v) is 7.64. The van der Waals surface area contributed by atoms with E-state index in [0.717, 1.165) is 12.8 Å². The van der Waals surface area contributed by atoms with Gasteiger partial charge in [0.25, 0.3) is 0 Å². The largest absolute Gasteiger partial charge is 0.398 e. The molecule has 0 aromatic heterocycles. The number of nitrogens with zero attached hydrogens (tertiary/aromatic N) is 1. The molecule has 0 aliphatic carbocycles. The molecule has 0 saturated carbocycles. The zero-order valence-corrected chi connectivity index (χ0v) is 14.7. The molecule has 0 fully saturated rings. The van der Waals surface area contributed by atoms with Crippen molar-refractivity contribution in [1.82, 2.24) is 4.31 Å². The van der Waals surface area contributed by atoms with Crippen LogP contribution in [-0.4, -0.2) is 25.8 Å². The van der Waals surface area contributed by atoms with Crippen LogP contribution in [0.1, 0.15) is 33.6 Å². The van der Waals surface area contributed by atoms with Gasteiger partial charge in [-0.05, 0) is 24.1 Å². The van der Waals surface area contributed by atoms with Gasteiger partial charge in [0.05, 0.1) is 5.69 Å². The number of benzene rings is 1. The van der Waals surface area contributed by atoms with Gasteiger partial charge >= 0.3 is 0 Å². The van der Waals surface area contributed by atoms with Gasteiger partial charge < -0.3 is 5.73 Å². The van der Waals surface area contributed by atoms with Crippen LogP contribution in [0.5, 0.6) is 0 Å². The van der Waals surface area contributed by atoms with Gasteiger partial charge in [-0.2, -0.15) is 4.31 Å². The minimum Gasteiger partial charge on any atom is -0.398 e. The lowest BCUT2D eigenvalue weighted by Crippen LogP contribution is -2.35. The fourth-order valence-electron chi connectivity index (χ4n) is 2.10. The minimum absolute atomic E-state index is 0.180. The van der Waals surface area contributed by atoms with E-state index in [9.17, 15) is 8.42 Å². The summed E-state index contributed by atoms with van der Waals surface area (Å²) < 4.78 is 27.7. The Morgan fingerprint density at radius 3 is 2.35 bits per heavy atom. The maximum absolute atomic E-state index is 12.7. The zero-order chi connectivity index (χ0) is 15.3. The van der Waals surface area contributed by atoms with Crippen molar-refractivity contribution >= 4 is 31.6 Å². The molecule has 0 amide bonds. The smallest absolute Gasteiger partial charge is 0.245 e. The molecular formula is C14H23BrN2O2S. The zero-order valence-electron chi connectivity index (χ0n) is 12.3. The molecule has 2 N–H and O–H groups in total. The standard InChI is InChI=1S/C14H23BrN2O2S/c1-4-11(5-2)10-17(6-3)20(18,19)14-9-12(15)7-8-13(14)16/h7-9,11H,4-6,10,16H2,1-3H3. The number of halogens is 1. The van der Waals surface area contributed by atoms with E-state index in [0.29, 0.717) is 23.5 Å². The first kappa shape index (κ1) is 17.5. The number of nitrogen functional groups attached to an aromatic ring is 1. The number of sulfonamides is 1. The average molecular weight is 363 g/mol.